The zero-order chi connectivity index (χ0) is 26.1. The number of carboxylic acids is 2. The Balaban J connectivity index is 2.79. The van der Waals surface area contributed by atoms with Crippen molar-refractivity contribution in [1.29, 1.82) is 0 Å². The van der Waals surface area contributed by atoms with Gasteiger partial charge in [0.05, 0.1) is 6.04 Å². The lowest BCUT2D eigenvalue weighted by Gasteiger charge is -2.35. The Morgan fingerprint density at radius 2 is 1.76 bits per heavy atom. The Hall–Kier alpha value is -2.95. The average molecular weight is 483 g/mol. The smallest absolute Gasteiger partial charge is 0.326 e. The molecule has 0 radical (unpaired) electrons. The highest BCUT2D eigenvalue weighted by molar-refractivity contribution is 5.95. The summed E-state index contributed by atoms with van der Waals surface area (Å²) in [5, 5.41) is 26.3. The first-order chi connectivity index (χ1) is 15.7. The van der Waals surface area contributed by atoms with Crippen LogP contribution in [0.5, 0.6) is 0 Å². The number of carbonyl (C=O) groups is 5. The van der Waals surface area contributed by atoms with Crippen LogP contribution in [0.2, 0.25) is 0 Å². The predicted octanol–water partition coefficient (Wildman–Crippen LogP) is 0.498. The molecular weight excluding hydrogens is 444 g/mol. The van der Waals surface area contributed by atoms with E-state index >= 15 is 0 Å². The topological polar surface area (TPSA) is 165 Å². The number of likely N-dealkylation sites (N-methyl/N-ethyl adjacent to an activating group) is 1. The van der Waals surface area contributed by atoms with Crippen LogP contribution in [-0.4, -0.2) is 83.0 Å². The fourth-order valence-corrected chi connectivity index (χ4v) is 3.44. The maximum atomic E-state index is 13.1. The van der Waals surface area contributed by atoms with Crippen LogP contribution in [-0.2, 0) is 24.0 Å². The van der Waals surface area contributed by atoms with Gasteiger partial charge in [-0.25, -0.2) is 4.79 Å². The van der Waals surface area contributed by atoms with Crippen molar-refractivity contribution < 1.29 is 34.2 Å². The molecule has 3 amide bonds. The molecule has 5 N–H and O–H groups in total. The van der Waals surface area contributed by atoms with Crippen molar-refractivity contribution in [3.8, 4) is 0 Å². The van der Waals surface area contributed by atoms with Gasteiger partial charge < -0.3 is 31.1 Å². The molecule has 11 heteroatoms. The molecule has 3 atom stereocenters. The Kier molecular flexibility index (Phi) is 11.2. The van der Waals surface area contributed by atoms with E-state index in [1.165, 1.54) is 17.9 Å². The second-order valence-corrected chi connectivity index (χ2v) is 9.71. The van der Waals surface area contributed by atoms with E-state index in [1.54, 1.807) is 7.05 Å². The minimum Gasteiger partial charge on any atom is -0.481 e. The van der Waals surface area contributed by atoms with Crippen LogP contribution < -0.4 is 16.0 Å². The van der Waals surface area contributed by atoms with Gasteiger partial charge in [0.15, 0.2) is 0 Å². The van der Waals surface area contributed by atoms with Crippen molar-refractivity contribution in [3.63, 3.8) is 0 Å². The standard InChI is InChI=1S/C23H38N4O7/c1-14(19(30)25-16(22(33)34)9-10-17(28)29)11-13-27(5)21(32)18(23(2,3)4)26-20(31)15-8-6-7-12-24-15/h11,15-16,18,24H,6-10,12-13H2,1-5H3,(H,25,30)(H,26,31)(H,28,29)(H,33,34)/b14-11+/t15-,16-,18?/m1/s1. The number of piperidine rings is 1. The lowest BCUT2D eigenvalue weighted by molar-refractivity contribution is -0.142. The Morgan fingerprint density at radius 1 is 1.12 bits per heavy atom. The quantitative estimate of drug-likeness (QED) is 0.266. The molecule has 0 spiro atoms. The molecule has 1 unspecified atom stereocenters. The molecule has 11 nitrogen and oxygen atoms in total. The summed E-state index contributed by atoms with van der Waals surface area (Å²) in [5.41, 5.74) is -0.367. The van der Waals surface area contributed by atoms with Crippen LogP contribution >= 0.6 is 0 Å². The Labute approximate surface area is 200 Å². The number of hydrogen-bond donors (Lipinski definition) is 5. The third-order valence-electron chi connectivity index (χ3n) is 5.68. The third-order valence-corrected chi connectivity index (χ3v) is 5.68. The zero-order valence-corrected chi connectivity index (χ0v) is 20.6. The van der Waals surface area contributed by atoms with Gasteiger partial charge in [0.25, 0.3) is 0 Å². The maximum absolute atomic E-state index is 13.1. The van der Waals surface area contributed by atoms with Crippen LogP contribution in [0.15, 0.2) is 11.6 Å². The summed E-state index contributed by atoms with van der Waals surface area (Å²) in [6.07, 6.45) is 3.52. The molecule has 0 aromatic rings. The van der Waals surface area contributed by atoms with E-state index in [0.29, 0.717) is 6.42 Å². The molecule has 0 aromatic carbocycles. The molecule has 1 aliphatic heterocycles. The van der Waals surface area contributed by atoms with Crippen molar-refractivity contribution in [1.82, 2.24) is 20.9 Å². The number of amides is 3. The van der Waals surface area contributed by atoms with Gasteiger partial charge >= 0.3 is 11.9 Å². The normalized spacial score (nSPS) is 18.4. The first-order valence-electron chi connectivity index (χ1n) is 11.4. The summed E-state index contributed by atoms with van der Waals surface area (Å²) in [7, 11) is 1.56. The van der Waals surface area contributed by atoms with E-state index in [4.69, 9.17) is 5.11 Å². The number of nitrogens with one attached hydrogen (secondary N) is 3. The molecule has 1 saturated heterocycles. The molecule has 0 bridgehead atoms. The van der Waals surface area contributed by atoms with Gasteiger partial charge in [-0.1, -0.05) is 33.3 Å². The summed E-state index contributed by atoms with van der Waals surface area (Å²) >= 11 is 0. The van der Waals surface area contributed by atoms with Crippen LogP contribution in [0.4, 0.5) is 0 Å². The largest absolute Gasteiger partial charge is 0.481 e. The number of nitrogens with zero attached hydrogens (tertiary/aromatic N) is 1. The van der Waals surface area contributed by atoms with E-state index < -0.39 is 41.8 Å². The van der Waals surface area contributed by atoms with E-state index in [9.17, 15) is 29.1 Å². The second-order valence-electron chi connectivity index (χ2n) is 9.71. The van der Waals surface area contributed by atoms with Crippen LogP contribution in [0.25, 0.3) is 0 Å². The lowest BCUT2D eigenvalue weighted by atomic mass is 9.85. The number of carboxylic acid groups (broad SMARTS) is 2. The molecule has 1 rings (SSSR count). The number of carbonyl (C=O) groups excluding carboxylic acids is 3. The van der Waals surface area contributed by atoms with Crippen LogP contribution in [0.3, 0.4) is 0 Å². The summed E-state index contributed by atoms with van der Waals surface area (Å²) in [6.45, 7) is 7.87. The molecule has 192 valence electrons. The Morgan fingerprint density at radius 3 is 2.26 bits per heavy atom. The monoisotopic (exact) mass is 482 g/mol. The highest BCUT2D eigenvalue weighted by atomic mass is 16.4. The highest BCUT2D eigenvalue weighted by Crippen LogP contribution is 2.22. The van der Waals surface area contributed by atoms with E-state index in [-0.39, 0.29) is 36.4 Å². The van der Waals surface area contributed by atoms with Gasteiger partial charge in [-0.2, -0.15) is 0 Å². The minimum absolute atomic E-state index is 0.0646. The third kappa shape index (κ3) is 9.50. The first-order valence-corrected chi connectivity index (χ1v) is 11.4. The summed E-state index contributed by atoms with van der Waals surface area (Å²) in [6, 6.07) is -2.44. The van der Waals surface area contributed by atoms with Crippen molar-refractivity contribution in [3.05, 3.63) is 11.6 Å². The summed E-state index contributed by atoms with van der Waals surface area (Å²) in [5.74, 6) is -3.68. The number of aliphatic carboxylic acids is 2. The number of hydrogen-bond acceptors (Lipinski definition) is 6. The zero-order valence-electron chi connectivity index (χ0n) is 20.6. The molecule has 0 aromatic heterocycles. The summed E-state index contributed by atoms with van der Waals surface area (Å²) < 4.78 is 0. The van der Waals surface area contributed by atoms with Crippen molar-refractivity contribution in [2.75, 3.05) is 20.1 Å². The molecule has 0 saturated carbocycles. The predicted molar refractivity (Wildman–Crippen MR) is 125 cm³/mol. The molecular formula is C23H38N4O7. The second kappa shape index (κ2) is 13.1. The van der Waals surface area contributed by atoms with Gasteiger partial charge in [0, 0.05) is 25.6 Å². The van der Waals surface area contributed by atoms with Gasteiger partial charge in [0.2, 0.25) is 17.7 Å². The van der Waals surface area contributed by atoms with Crippen molar-refractivity contribution in [2.45, 2.75) is 77.9 Å². The first kappa shape index (κ1) is 29.1. The Bertz CT molecular complexity index is 798. The average Bonchev–Trinajstić information content (AvgIpc) is 2.76. The van der Waals surface area contributed by atoms with E-state index in [2.05, 4.69) is 16.0 Å². The van der Waals surface area contributed by atoms with Crippen molar-refractivity contribution in [2.24, 2.45) is 5.41 Å². The summed E-state index contributed by atoms with van der Waals surface area (Å²) in [4.78, 5) is 61.5. The fourth-order valence-electron chi connectivity index (χ4n) is 3.44. The van der Waals surface area contributed by atoms with Crippen molar-refractivity contribution >= 4 is 29.7 Å². The minimum atomic E-state index is -1.33. The molecule has 1 heterocycles. The van der Waals surface area contributed by atoms with Crippen LogP contribution in [0, 0.1) is 5.41 Å². The van der Waals surface area contributed by atoms with Gasteiger partial charge in [-0.05, 0) is 38.1 Å². The van der Waals surface area contributed by atoms with Gasteiger partial charge in [0.1, 0.15) is 12.1 Å². The van der Waals surface area contributed by atoms with Crippen LogP contribution in [0.1, 0.15) is 59.8 Å². The SMILES string of the molecule is C/C(=C\CN(C)C(=O)C(NC(=O)[C@H]1CCCCN1)C(C)(C)C)C(=O)N[C@H](CCC(=O)O)C(=O)O. The molecule has 0 aliphatic carbocycles. The highest BCUT2D eigenvalue weighted by Gasteiger charge is 2.36. The van der Waals surface area contributed by atoms with E-state index in [0.717, 1.165) is 19.4 Å². The van der Waals surface area contributed by atoms with Gasteiger partial charge in [-0.15, -0.1) is 0 Å². The number of rotatable bonds is 11. The molecule has 1 aliphatic rings. The lowest BCUT2D eigenvalue weighted by Crippen LogP contribution is -2.58. The maximum Gasteiger partial charge on any atom is 0.326 e. The van der Waals surface area contributed by atoms with E-state index in [1.807, 2.05) is 20.8 Å². The molecule has 1 fully saturated rings. The van der Waals surface area contributed by atoms with Gasteiger partial charge in [-0.3, -0.25) is 19.2 Å². The molecule has 34 heavy (non-hydrogen) atoms. The fraction of sp³-hybridized carbons (Fsp3) is 0.696.